The zero-order valence-corrected chi connectivity index (χ0v) is 10.1. The maximum Gasteiger partial charge on any atom is 0.256 e. The Morgan fingerprint density at radius 3 is 1.56 bits per heavy atom. The van der Waals surface area contributed by atoms with Crippen molar-refractivity contribution in [1.82, 2.24) is 0 Å². The van der Waals surface area contributed by atoms with E-state index in [1.54, 1.807) is 0 Å². The van der Waals surface area contributed by atoms with E-state index < -0.39 is 10.5 Å². The van der Waals surface area contributed by atoms with Crippen molar-refractivity contribution in [3.63, 3.8) is 0 Å². The van der Waals surface area contributed by atoms with Crippen LogP contribution in [0.25, 0.3) is 0 Å². The van der Waals surface area contributed by atoms with Crippen LogP contribution in [0.15, 0.2) is 12.1 Å². The van der Waals surface area contributed by atoms with Gasteiger partial charge < -0.3 is 9.47 Å². The van der Waals surface area contributed by atoms with Gasteiger partial charge in [-0.2, -0.15) is 0 Å². The van der Waals surface area contributed by atoms with Gasteiger partial charge in [-0.25, -0.2) is 0 Å². The minimum absolute atomic E-state index is 0.0639. The number of ether oxygens (including phenoxy) is 2. The van der Waals surface area contributed by atoms with Crippen LogP contribution in [-0.2, 0) is 0 Å². The summed E-state index contributed by atoms with van der Waals surface area (Å²) in [4.78, 5) is 22.2. The van der Waals surface area contributed by atoms with E-state index in [4.69, 9.17) is 32.7 Å². The zero-order valence-electron chi connectivity index (χ0n) is 8.54. The summed E-state index contributed by atoms with van der Waals surface area (Å²) in [7, 11) is 2.75. The highest BCUT2D eigenvalue weighted by Gasteiger charge is 2.18. The summed E-state index contributed by atoms with van der Waals surface area (Å²) in [5.41, 5.74) is 0.128. The molecule has 4 nitrogen and oxygen atoms in total. The van der Waals surface area contributed by atoms with Gasteiger partial charge in [0.2, 0.25) is 0 Å². The Bertz CT molecular complexity index is 405. The van der Waals surface area contributed by atoms with E-state index in [-0.39, 0.29) is 22.6 Å². The number of hydrogen-bond acceptors (Lipinski definition) is 4. The smallest absolute Gasteiger partial charge is 0.256 e. The van der Waals surface area contributed by atoms with Gasteiger partial charge in [-0.3, -0.25) is 9.59 Å². The van der Waals surface area contributed by atoms with Gasteiger partial charge in [0.1, 0.15) is 11.5 Å². The molecule has 0 aliphatic rings. The first kappa shape index (κ1) is 12.8. The van der Waals surface area contributed by atoms with Gasteiger partial charge in [0.15, 0.2) is 0 Å². The Morgan fingerprint density at radius 1 is 0.938 bits per heavy atom. The molecule has 0 aromatic heterocycles. The van der Waals surface area contributed by atoms with Gasteiger partial charge in [-0.1, -0.05) is 0 Å². The Balaban J connectivity index is 3.46. The maximum absolute atomic E-state index is 11.1. The first-order valence-corrected chi connectivity index (χ1v) is 4.92. The third kappa shape index (κ3) is 2.46. The lowest BCUT2D eigenvalue weighted by molar-refractivity contribution is 0.107. The largest absolute Gasteiger partial charge is 0.496 e. The Kier molecular flexibility index (Phi) is 4.15. The summed E-state index contributed by atoms with van der Waals surface area (Å²) >= 11 is 10.7. The molecule has 1 rings (SSSR count). The molecule has 1 aromatic rings. The van der Waals surface area contributed by atoms with Crippen LogP contribution in [0.4, 0.5) is 0 Å². The highest BCUT2D eigenvalue weighted by molar-refractivity contribution is 6.69. The van der Waals surface area contributed by atoms with Crippen molar-refractivity contribution in [3.05, 3.63) is 23.3 Å². The Labute approximate surface area is 102 Å². The van der Waals surface area contributed by atoms with E-state index in [1.165, 1.54) is 26.4 Å². The number of carbonyl (C=O) groups excluding carboxylic acids is 2. The highest BCUT2D eigenvalue weighted by atomic mass is 35.5. The van der Waals surface area contributed by atoms with Gasteiger partial charge in [-0.15, -0.1) is 0 Å². The molecule has 0 heterocycles. The number of benzene rings is 1. The normalized spacial score (nSPS) is 9.75. The summed E-state index contributed by atoms with van der Waals surface area (Å²) in [6, 6.07) is 2.62. The lowest BCUT2D eigenvalue weighted by atomic mass is 10.1. The number of carbonyl (C=O) groups is 2. The van der Waals surface area contributed by atoms with Gasteiger partial charge >= 0.3 is 0 Å². The predicted molar refractivity (Wildman–Crippen MR) is 59.9 cm³/mol. The minimum atomic E-state index is -0.737. The van der Waals surface area contributed by atoms with E-state index in [0.717, 1.165) is 0 Å². The average molecular weight is 263 g/mol. The molecule has 0 spiro atoms. The van der Waals surface area contributed by atoms with E-state index >= 15 is 0 Å². The summed E-state index contributed by atoms with van der Waals surface area (Å²) in [6.07, 6.45) is 0. The first-order chi connectivity index (χ1) is 7.51. The predicted octanol–water partition coefficient (Wildman–Crippen LogP) is 2.46. The highest BCUT2D eigenvalue weighted by Crippen LogP contribution is 2.31. The fraction of sp³-hybridized carbons (Fsp3) is 0.200. The van der Waals surface area contributed by atoms with E-state index in [0.29, 0.717) is 0 Å². The maximum atomic E-state index is 11.1. The van der Waals surface area contributed by atoms with E-state index in [1.807, 2.05) is 0 Å². The Hall–Kier alpha value is -1.26. The van der Waals surface area contributed by atoms with Crippen LogP contribution in [-0.4, -0.2) is 24.7 Å². The van der Waals surface area contributed by atoms with Crippen molar-refractivity contribution in [1.29, 1.82) is 0 Å². The fourth-order valence-corrected chi connectivity index (χ4v) is 1.50. The summed E-state index contributed by atoms with van der Waals surface area (Å²) < 4.78 is 9.89. The average Bonchev–Trinajstić information content (AvgIpc) is 2.26. The first-order valence-electron chi connectivity index (χ1n) is 4.17. The lowest BCUT2D eigenvalue weighted by Gasteiger charge is -2.10. The molecule has 0 fully saturated rings. The van der Waals surface area contributed by atoms with Crippen molar-refractivity contribution in [2.45, 2.75) is 0 Å². The molecular weight excluding hydrogens is 255 g/mol. The van der Waals surface area contributed by atoms with Gasteiger partial charge in [-0.05, 0) is 29.3 Å². The summed E-state index contributed by atoms with van der Waals surface area (Å²) in [5.74, 6) is 0.442. The molecule has 1 aromatic carbocycles. The number of rotatable bonds is 4. The fourth-order valence-electron chi connectivity index (χ4n) is 1.21. The van der Waals surface area contributed by atoms with Crippen LogP contribution < -0.4 is 9.47 Å². The summed E-state index contributed by atoms with van der Waals surface area (Å²) in [6.45, 7) is 0. The molecule has 0 saturated carbocycles. The van der Waals surface area contributed by atoms with Crippen molar-refractivity contribution < 1.29 is 19.1 Å². The quantitative estimate of drug-likeness (QED) is 0.783. The minimum Gasteiger partial charge on any atom is -0.496 e. The SMILES string of the molecule is COc1cc(OC)c(C(=O)Cl)cc1C(=O)Cl. The molecule has 0 saturated heterocycles. The standard InChI is InChI=1S/C10H8Cl2O4/c1-15-7-4-8(16-2)6(10(12)14)3-5(7)9(11)13/h3-4H,1-2H3. The molecule has 0 atom stereocenters. The second-order valence-electron chi connectivity index (χ2n) is 2.80. The number of halogens is 2. The molecule has 0 radical (unpaired) electrons. The van der Waals surface area contributed by atoms with Crippen molar-refractivity contribution in [3.8, 4) is 11.5 Å². The lowest BCUT2D eigenvalue weighted by Crippen LogP contribution is -2.02. The molecule has 0 unspecified atom stereocenters. The molecule has 0 aliphatic carbocycles. The van der Waals surface area contributed by atoms with E-state index in [2.05, 4.69) is 0 Å². The van der Waals surface area contributed by atoms with Crippen LogP contribution in [0.5, 0.6) is 11.5 Å². The van der Waals surface area contributed by atoms with Crippen LogP contribution in [0, 0.1) is 0 Å². The zero-order chi connectivity index (χ0) is 12.3. The topological polar surface area (TPSA) is 52.6 Å². The molecule has 0 bridgehead atoms. The van der Waals surface area contributed by atoms with Crippen LogP contribution >= 0.6 is 23.2 Å². The van der Waals surface area contributed by atoms with Crippen LogP contribution in [0.3, 0.4) is 0 Å². The van der Waals surface area contributed by atoms with E-state index in [9.17, 15) is 9.59 Å². The second-order valence-corrected chi connectivity index (χ2v) is 3.49. The van der Waals surface area contributed by atoms with Crippen LogP contribution in [0.1, 0.15) is 20.7 Å². The monoisotopic (exact) mass is 262 g/mol. The molecule has 16 heavy (non-hydrogen) atoms. The van der Waals surface area contributed by atoms with Gasteiger partial charge in [0.25, 0.3) is 10.5 Å². The molecule has 0 aliphatic heterocycles. The van der Waals surface area contributed by atoms with Crippen LogP contribution in [0.2, 0.25) is 0 Å². The molecular formula is C10H8Cl2O4. The molecule has 0 N–H and O–H groups in total. The van der Waals surface area contributed by atoms with Crippen molar-refractivity contribution in [2.75, 3.05) is 14.2 Å². The third-order valence-corrected chi connectivity index (χ3v) is 2.35. The Morgan fingerprint density at radius 2 is 1.31 bits per heavy atom. The van der Waals surface area contributed by atoms with Gasteiger partial charge in [0, 0.05) is 6.07 Å². The molecule has 0 amide bonds. The molecule has 86 valence electrons. The van der Waals surface area contributed by atoms with Gasteiger partial charge in [0.05, 0.1) is 25.3 Å². The van der Waals surface area contributed by atoms with Crippen molar-refractivity contribution in [2.24, 2.45) is 0 Å². The number of methoxy groups -OCH3 is 2. The molecule has 6 heteroatoms. The number of hydrogen-bond donors (Lipinski definition) is 0. The van der Waals surface area contributed by atoms with Crippen molar-refractivity contribution >= 4 is 33.7 Å². The second kappa shape index (κ2) is 5.18. The summed E-state index contributed by atoms with van der Waals surface area (Å²) in [5, 5.41) is -1.47. The third-order valence-electron chi connectivity index (χ3n) is 1.95.